The van der Waals surface area contributed by atoms with E-state index in [1.165, 1.54) is 13.2 Å². The molecular formula is C20H20ClNO3. The molecule has 1 amide bonds. The summed E-state index contributed by atoms with van der Waals surface area (Å²) < 4.78 is 4.66. The molecule has 0 unspecified atom stereocenters. The predicted molar refractivity (Wildman–Crippen MR) is 99.0 cm³/mol. The molecule has 0 heterocycles. The molecule has 0 bridgehead atoms. The molecule has 0 spiro atoms. The zero-order valence-corrected chi connectivity index (χ0v) is 14.8. The summed E-state index contributed by atoms with van der Waals surface area (Å²) in [5, 5.41) is 0.646. The van der Waals surface area contributed by atoms with Gasteiger partial charge in [0.2, 0.25) is 5.91 Å². The summed E-state index contributed by atoms with van der Waals surface area (Å²) in [6, 6.07) is 16.9. The van der Waals surface area contributed by atoms with E-state index < -0.39 is 0 Å². The van der Waals surface area contributed by atoms with Gasteiger partial charge in [-0.2, -0.15) is 0 Å². The van der Waals surface area contributed by atoms with Crippen molar-refractivity contribution in [1.29, 1.82) is 0 Å². The lowest BCUT2D eigenvalue weighted by atomic mass is 10.2. The second kappa shape index (κ2) is 9.64. The zero-order chi connectivity index (χ0) is 18.1. The third-order valence-corrected chi connectivity index (χ3v) is 3.88. The van der Waals surface area contributed by atoms with Gasteiger partial charge in [0.15, 0.2) is 0 Å². The van der Waals surface area contributed by atoms with Gasteiger partial charge in [-0.3, -0.25) is 9.59 Å². The molecule has 2 rings (SSSR count). The van der Waals surface area contributed by atoms with Crippen LogP contribution in [0.3, 0.4) is 0 Å². The van der Waals surface area contributed by atoms with Crippen LogP contribution in [0.2, 0.25) is 5.02 Å². The molecule has 0 aliphatic heterocycles. The average molecular weight is 358 g/mol. The topological polar surface area (TPSA) is 46.6 Å². The SMILES string of the molecule is COC(=O)CCN(Cc1ccccc1)C(=O)/C=C/c1ccc(Cl)cc1. The number of nitrogens with zero attached hydrogens (tertiary/aromatic N) is 1. The van der Waals surface area contributed by atoms with Gasteiger partial charge in [-0.1, -0.05) is 54.1 Å². The maximum Gasteiger partial charge on any atom is 0.307 e. The van der Waals surface area contributed by atoms with Crippen molar-refractivity contribution in [3.05, 3.63) is 76.8 Å². The maximum absolute atomic E-state index is 12.5. The van der Waals surface area contributed by atoms with Gasteiger partial charge in [-0.05, 0) is 29.3 Å². The third-order valence-electron chi connectivity index (χ3n) is 3.63. The fourth-order valence-electron chi connectivity index (χ4n) is 2.25. The molecule has 0 N–H and O–H groups in total. The number of esters is 1. The van der Waals surface area contributed by atoms with Crippen LogP contribution in [0.1, 0.15) is 17.5 Å². The number of ether oxygens (including phenoxy) is 1. The minimum atomic E-state index is -0.340. The van der Waals surface area contributed by atoms with E-state index in [0.717, 1.165) is 11.1 Å². The van der Waals surface area contributed by atoms with Crippen LogP contribution in [0.4, 0.5) is 0 Å². The molecule has 0 saturated carbocycles. The molecule has 0 aliphatic carbocycles. The predicted octanol–water partition coefficient (Wildman–Crippen LogP) is 3.95. The number of benzene rings is 2. The summed E-state index contributed by atoms with van der Waals surface area (Å²) in [4.78, 5) is 25.6. The summed E-state index contributed by atoms with van der Waals surface area (Å²) in [6.07, 6.45) is 3.39. The number of hydrogen-bond acceptors (Lipinski definition) is 3. The summed E-state index contributed by atoms with van der Waals surface area (Å²) in [7, 11) is 1.34. The number of amides is 1. The Morgan fingerprint density at radius 1 is 1.08 bits per heavy atom. The average Bonchev–Trinajstić information content (AvgIpc) is 2.64. The van der Waals surface area contributed by atoms with E-state index in [-0.39, 0.29) is 18.3 Å². The highest BCUT2D eigenvalue weighted by Crippen LogP contribution is 2.12. The number of methoxy groups -OCH3 is 1. The Labute approximate surface area is 152 Å². The van der Waals surface area contributed by atoms with Gasteiger partial charge in [0, 0.05) is 24.2 Å². The quantitative estimate of drug-likeness (QED) is 0.557. The fourth-order valence-corrected chi connectivity index (χ4v) is 2.37. The molecule has 5 heteroatoms. The molecule has 0 fully saturated rings. The second-order valence-corrected chi connectivity index (χ2v) is 5.89. The van der Waals surface area contributed by atoms with Gasteiger partial charge in [-0.25, -0.2) is 0 Å². The van der Waals surface area contributed by atoms with Crippen molar-refractivity contribution in [2.75, 3.05) is 13.7 Å². The zero-order valence-electron chi connectivity index (χ0n) is 14.0. The van der Waals surface area contributed by atoms with Crippen molar-refractivity contribution >= 4 is 29.6 Å². The number of halogens is 1. The van der Waals surface area contributed by atoms with Crippen molar-refractivity contribution in [3.8, 4) is 0 Å². The van der Waals surface area contributed by atoms with Gasteiger partial charge in [0.1, 0.15) is 0 Å². The van der Waals surface area contributed by atoms with Gasteiger partial charge < -0.3 is 9.64 Å². The Morgan fingerprint density at radius 3 is 2.40 bits per heavy atom. The Hall–Kier alpha value is -2.59. The van der Waals surface area contributed by atoms with Gasteiger partial charge in [0.05, 0.1) is 13.5 Å². The van der Waals surface area contributed by atoms with Crippen LogP contribution in [0.15, 0.2) is 60.7 Å². The molecule has 0 atom stereocenters. The van der Waals surface area contributed by atoms with Crippen molar-refractivity contribution < 1.29 is 14.3 Å². The summed E-state index contributed by atoms with van der Waals surface area (Å²) in [5.74, 6) is -0.504. The fraction of sp³-hybridized carbons (Fsp3) is 0.200. The molecular weight excluding hydrogens is 338 g/mol. The first-order valence-corrected chi connectivity index (χ1v) is 8.29. The van der Waals surface area contributed by atoms with E-state index in [4.69, 9.17) is 11.6 Å². The Bertz CT molecular complexity index is 726. The first-order chi connectivity index (χ1) is 12.1. The number of carbonyl (C=O) groups is 2. The van der Waals surface area contributed by atoms with E-state index >= 15 is 0 Å². The molecule has 0 aliphatic rings. The van der Waals surface area contributed by atoms with Crippen molar-refractivity contribution in [3.63, 3.8) is 0 Å². The lowest BCUT2D eigenvalue weighted by Crippen LogP contribution is -2.31. The lowest BCUT2D eigenvalue weighted by Gasteiger charge is -2.21. The Morgan fingerprint density at radius 2 is 1.76 bits per heavy atom. The number of hydrogen-bond donors (Lipinski definition) is 0. The Kier molecular flexibility index (Phi) is 7.23. The van der Waals surface area contributed by atoms with Gasteiger partial charge >= 0.3 is 5.97 Å². The first-order valence-electron chi connectivity index (χ1n) is 7.92. The van der Waals surface area contributed by atoms with E-state index in [1.807, 2.05) is 42.5 Å². The highest BCUT2D eigenvalue weighted by atomic mass is 35.5. The molecule has 2 aromatic rings. The largest absolute Gasteiger partial charge is 0.469 e. The second-order valence-electron chi connectivity index (χ2n) is 5.46. The maximum atomic E-state index is 12.5. The molecule has 0 radical (unpaired) electrons. The highest BCUT2D eigenvalue weighted by Gasteiger charge is 2.13. The smallest absolute Gasteiger partial charge is 0.307 e. The van der Waals surface area contributed by atoms with Crippen LogP contribution in [0.25, 0.3) is 6.08 Å². The minimum absolute atomic E-state index is 0.157. The van der Waals surface area contributed by atoms with Crippen LogP contribution in [0.5, 0.6) is 0 Å². The van der Waals surface area contributed by atoms with E-state index in [9.17, 15) is 9.59 Å². The number of carbonyl (C=O) groups excluding carboxylic acids is 2. The van der Waals surface area contributed by atoms with Crippen molar-refractivity contribution in [1.82, 2.24) is 4.90 Å². The minimum Gasteiger partial charge on any atom is -0.469 e. The van der Waals surface area contributed by atoms with E-state index in [1.54, 1.807) is 23.1 Å². The third kappa shape index (κ3) is 6.43. The molecule has 4 nitrogen and oxygen atoms in total. The summed E-state index contributed by atoms with van der Waals surface area (Å²) >= 11 is 5.86. The van der Waals surface area contributed by atoms with E-state index in [0.29, 0.717) is 18.1 Å². The van der Waals surface area contributed by atoms with Gasteiger partial charge in [0.25, 0.3) is 0 Å². The van der Waals surface area contributed by atoms with Crippen LogP contribution >= 0.6 is 11.6 Å². The van der Waals surface area contributed by atoms with Crippen molar-refractivity contribution in [2.45, 2.75) is 13.0 Å². The van der Waals surface area contributed by atoms with Crippen LogP contribution in [-0.4, -0.2) is 30.4 Å². The van der Waals surface area contributed by atoms with Crippen LogP contribution < -0.4 is 0 Å². The molecule has 0 saturated heterocycles. The number of rotatable bonds is 7. The lowest BCUT2D eigenvalue weighted by molar-refractivity contribution is -0.141. The molecule has 2 aromatic carbocycles. The standard InChI is InChI=1S/C20H20ClNO3/c1-25-20(24)13-14-22(15-17-5-3-2-4-6-17)19(23)12-9-16-7-10-18(21)11-8-16/h2-12H,13-15H2,1H3/b12-9+. The molecule has 0 aromatic heterocycles. The highest BCUT2D eigenvalue weighted by molar-refractivity contribution is 6.30. The monoisotopic (exact) mass is 357 g/mol. The summed E-state index contributed by atoms with van der Waals surface area (Å²) in [6.45, 7) is 0.729. The molecule has 25 heavy (non-hydrogen) atoms. The molecule has 130 valence electrons. The van der Waals surface area contributed by atoms with Gasteiger partial charge in [-0.15, -0.1) is 0 Å². The normalized spacial score (nSPS) is 10.6. The first kappa shape index (κ1) is 18.7. The van der Waals surface area contributed by atoms with Crippen molar-refractivity contribution in [2.24, 2.45) is 0 Å². The summed E-state index contributed by atoms with van der Waals surface area (Å²) in [5.41, 5.74) is 1.88. The van der Waals surface area contributed by atoms with E-state index in [2.05, 4.69) is 4.74 Å². The Balaban J connectivity index is 2.07. The van der Waals surface area contributed by atoms with Crippen LogP contribution in [0, 0.1) is 0 Å². The van der Waals surface area contributed by atoms with Crippen LogP contribution in [-0.2, 0) is 20.9 Å².